The van der Waals surface area contributed by atoms with Crippen molar-refractivity contribution in [2.24, 2.45) is 0 Å². The first-order valence-corrected chi connectivity index (χ1v) is 5.82. The Hall–Kier alpha value is -2.35. The normalized spacial score (nSPS) is 9.58. The molecule has 1 aromatic heterocycles. The van der Waals surface area contributed by atoms with Gasteiger partial charge >= 0.3 is 5.97 Å². The lowest BCUT2D eigenvalue weighted by atomic mass is 10.2. The molecule has 1 rings (SSSR count). The second-order valence-electron chi connectivity index (χ2n) is 3.39. The van der Waals surface area contributed by atoms with Gasteiger partial charge < -0.3 is 29.9 Å². The van der Waals surface area contributed by atoms with Crippen molar-refractivity contribution in [1.82, 2.24) is 0 Å². The Bertz CT molecular complexity index is 544. The van der Waals surface area contributed by atoms with Crippen LogP contribution in [-0.4, -0.2) is 25.0 Å². The third kappa shape index (κ3) is 3.32. The number of carbonyl (C=O) groups is 3. The number of anilines is 1. The Kier molecular flexibility index (Phi) is 4.65. The number of rotatable bonds is 5. The van der Waals surface area contributed by atoms with Crippen molar-refractivity contribution in [3.05, 3.63) is 28.3 Å². The van der Waals surface area contributed by atoms with Gasteiger partial charge in [-0.1, -0.05) is 0 Å². The van der Waals surface area contributed by atoms with Crippen molar-refractivity contribution in [1.29, 1.82) is 0 Å². The minimum Gasteiger partial charge on any atom is -0.545 e. The SMILES string of the molecule is COC(=O)c1c(C)csc1NC=C(C(=O)[O-])C(=O)[O-]. The molecule has 1 aromatic rings. The van der Waals surface area contributed by atoms with E-state index < -0.39 is 23.5 Å². The van der Waals surface area contributed by atoms with E-state index in [1.807, 2.05) is 0 Å². The van der Waals surface area contributed by atoms with Crippen LogP contribution in [0.3, 0.4) is 0 Å². The fraction of sp³-hybridized carbons (Fsp3) is 0.182. The molecule has 0 aliphatic rings. The number of carbonyl (C=O) groups excluding carboxylic acids is 3. The van der Waals surface area contributed by atoms with Crippen molar-refractivity contribution in [2.75, 3.05) is 12.4 Å². The van der Waals surface area contributed by atoms with Gasteiger partial charge in [0.15, 0.2) is 0 Å². The molecule has 0 radical (unpaired) electrons. The Morgan fingerprint density at radius 3 is 2.37 bits per heavy atom. The Morgan fingerprint density at radius 2 is 1.89 bits per heavy atom. The largest absolute Gasteiger partial charge is 0.545 e. The maximum atomic E-state index is 11.5. The Balaban J connectivity index is 3.07. The van der Waals surface area contributed by atoms with Gasteiger partial charge in [-0.2, -0.15) is 0 Å². The summed E-state index contributed by atoms with van der Waals surface area (Å²) in [5.74, 6) is -4.39. The quantitative estimate of drug-likeness (QED) is 0.307. The lowest BCUT2D eigenvalue weighted by Gasteiger charge is -2.10. The molecule has 0 bridgehead atoms. The molecule has 0 spiro atoms. The minimum atomic E-state index is -1.89. The first-order valence-electron chi connectivity index (χ1n) is 4.94. The van der Waals surface area contributed by atoms with Crippen LogP contribution in [0.15, 0.2) is 17.2 Å². The number of methoxy groups -OCH3 is 1. The standard InChI is InChI=1S/C11H11NO6S/c1-5-4-19-8(7(5)11(17)18-2)12-3-6(9(13)14)10(15)16/h3-4,12H,1-2H3,(H,13,14)(H,15,16)/p-2. The van der Waals surface area contributed by atoms with Gasteiger partial charge in [-0.3, -0.25) is 0 Å². The van der Waals surface area contributed by atoms with E-state index in [4.69, 9.17) is 0 Å². The van der Waals surface area contributed by atoms with Crippen LogP contribution >= 0.6 is 11.3 Å². The van der Waals surface area contributed by atoms with E-state index in [1.54, 1.807) is 12.3 Å². The van der Waals surface area contributed by atoms with Crippen LogP contribution in [0.2, 0.25) is 0 Å². The van der Waals surface area contributed by atoms with Crippen LogP contribution in [0.25, 0.3) is 0 Å². The van der Waals surface area contributed by atoms with Crippen molar-refractivity contribution < 1.29 is 29.3 Å². The third-order valence-electron chi connectivity index (χ3n) is 2.15. The zero-order valence-corrected chi connectivity index (χ0v) is 10.8. The van der Waals surface area contributed by atoms with E-state index in [2.05, 4.69) is 10.1 Å². The highest BCUT2D eigenvalue weighted by atomic mass is 32.1. The molecule has 0 atom stereocenters. The number of thiophene rings is 1. The molecule has 0 saturated carbocycles. The molecule has 0 aromatic carbocycles. The summed E-state index contributed by atoms with van der Waals surface area (Å²) in [6.45, 7) is 1.66. The highest BCUT2D eigenvalue weighted by Crippen LogP contribution is 2.28. The van der Waals surface area contributed by atoms with Gasteiger partial charge in [-0.15, -0.1) is 11.3 Å². The van der Waals surface area contributed by atoms with Crippen LogP contribution in [0.1, 0.15) is 15.9 Å². The highest BCUT2D eigenvalue weighted by molar-refractivity contribution is 7.14. The zero-order valence-electron chi connectivity index (χ0n) is 10.0. The number of ether oxygens (including phenoxy) is 1. The molecule has 7 nitrogen and oxygen atoms in total. The smallest absolute Gasteiger partial charge is 0.341 e. The molecule has 1 heterocycles. The van der Waals surface area contributed by atoms with Gasteiger partial charge in [0.1, 0.15) is 5.00 Å². The van der Waals surface area contributed by atoms with E-state index in [1.165, 1.54) is 7.11 Å². The predicted molar refractivity (Wildman–Crippen MR) is 62.1 cm³/mol. The van der Waals surface area contributed by atoms with E-state index in [0.29, 0.717) is 11.8 Å². The molecule has 102 valence electrons. The predicted octanol–water partition coefficient (Wildman–Crippen LogP) is -1.36. The molecule has 0 fully saturated rings. The highest BCUT2D eigenvalue weighted by Gasteiger charge is 2.16. The molecular weight excluding hydrogens is 274 g/mol. The maximum absolute atomic E-state index is 11.5. The fourth-order valence-corrected chi connectivity index (χ4v) is 2.15. The summed E-state index contributed by atoms with van der Waals surface area (Å²) in [5, 5.41) is 25.4. The monoisotopic (exact) mass is 283 g/mol. The Labute approximate surface area is 112 Å². The number of hydrogen-bond donors (Lipinski definition) is 1. The van der Waals surface area contributed by atoms with Crippen LogP contribution in [0.4, 0.5) is 5.00 Å². The van der Waals surface area contributed by atoms with E-state index in [0.717, 1.165) is 11.3 Å². The second-order valence-corrected chi connectivity index (χ2v) is 4.27. The average Bonchev–Trinajstić information content (AvgIpc) is 2.69. The third-order valence-corrected chi connectivity index (χ3v) is 3.18. The van der Waals surface area contributed by atoms with Crippen molar-refractivity contribution in [2.45, 2.75) is 6.92 Å². The molecular formula is C11H9NO6S-2. The maximum Gasteiger partial charge on any atom is 0.341 e. The molecule has 1 N–H and O–H groups in total. The summed E-state index contributed by atoms with van der Waals surface area (Å²) in [6.07, 6.45) is 0.697. The van der Waals surface area contributed by atoms with Gasteiger partial charge in [0.05, 0.1) is 24.6 Å². The first kappa shape index (κ1) is 14.7. The molecule has 0 saturated heterocycles. The topological polar surface area (TPSA) is 119 Å². The van der Waals surface area contributed by atoms with E-state index >= 15 is 0 Å². The minimum absolute atomic E-state index is 0.208. The van der Waals surface area contributed by atoms with Crippen LogP contribution in [-0.2, 0) is 14.3 Å². The molecule has 19 heavy (non-hydrogen) atoms. The number of esters is 1. The number of carboxylic acid groups (broad SMARTS) is 2. The first-order chi connectivity index (χ1) is 8.88. The number of hydrogen-bond acceptors (Lipinski definition) is 8. The average molecular weight is 283 g/mol. The number of aryl methyl sites for hydroxylation is 1. The van der Waals surface area contributed by atoms with Gasteiger partial charge in [-0.25, -0.2) is 4.79 Å². The lowest BCUT2D eigenvalue weighted by molar-refractivity contribution is -0.312. The summed E-state index contributed by atoms with van der Waals surface area (Å²) in [4.78, 5) is 32.5. The number of carboxylic acids is 2. The van der Waals surface area contributed by atoms with Gasteiger partial charge in [-0.05, 0) is 17.9 Å². The van der Waals surface area contributed by atoms with Crippen LogP contribution < -0.4 is 15.5 Å². The number of nitrogens with one attached hydrogen (secondary N) is 1. The van der Waals surface area contributed by atoms with Crippen LogP contribution in [0, 0.1) is 6.92 Å². The van der Waals surface area contributed by atoms with Crippen molar-refractivity contribution in [3.63, 3.8) is 0 Å². The van der Waals surface area contributed by atoms with Crippen molar-refractivity contribution >= 4 is 34.2 Å². The Morgan fingerprint density at radius 1 is 1.32 bits per heavy atom. The summed E-state index contributed by atoms with van der Waals surface area (Å²) in [6, 6.07) is 0. The molecule has 0 aliphatic heterocycles. The summed E-state index contributed by atoms with van der Waals surface area (Å²) < 4.78 is 4.57. The van der Waals surface area contributed by atoms with Gasteiger partial charge in [0.25, 0.3) is 0 Å². The molecule has 8 heteroatoms. The van der Waals surface area contributed by atoms with Crippen LogP contribution in [0.5, 0.6) is 0 Å². The zero-order chi connectivity index (χ0) is 14.6. The second kappa shape index (κ2) is 6.01. The van der Waals surface area contributed by atoms with Gasteiger partial charge in [0, 0.05) is 11.8 Å². The molecule has 0 aliphatic carbocycles. The lowest BCUT2D eigenvalue weighted by Crippen LogP contribution is -2.36. The van der Waals surface area contributed by atoms with Crippen molar-refractivity contribution in [3.8, 4) is 0 Å². The molecule has 0 amide bonds. The summed E-state index contributed by atoms with van der Waals surface area (Å²) >= 11 is 1.10. The molecule has 0 unspecified atom stereocenters. The fourth-order valence-electron chi connectivity index (χ4n) is 1.25. The van der Waals surface area contributed by atoms with Gasteiger partial charge in [0.2, 0.25) is 0 Å². The van der Waals surface area contributed by atoms with E-state index in [9.17, 15) is 24.6 Å². The summed E-state index contributed by atoms with van der Waals surface area (Å²) in [5.41, 5.74) is -0.224. The summed E-state index contributed by atoms with van der Waals surface area (Å²) in [7, 11) is 1.20. The number of aliphatic carboxylic acids is 2. The van der Waals surface area contributed by atoms with E-state index in [-0.39, 0.29) is 10.6 Å².